The van der Waals surface area contributed by atoms with E-state index >= 15 is 0 Å². The van der Waals surface area contributed by atoms with Crippen molar-refractivity contribution in [3.8, 4) is 0 Å². The van der Waals surface area contributed by atoms with Gasteiger partial charge in [-0.3, -0.25) is 4.79 Å². The Bertz CT molecular complexity index is 617. The van der Waals surface area contributed by atoms with Gasteiger partial charge in [-0.05, 0) is 24.1 Å². The second-order valence-electron chi connectivity index (χ2n) is 4.06. The van der Waals surface area contributed by atoms with Crippen LogP contribution in [0.15, 0.2) is 22.5 Å². The topological polar surface area (TPSA) is 80.9 Å². The van der Waals surface area contributed by atoms with Gasteiger partial charge in [-0.15, -0.1) is 10.2 Å². The number of nitrogens with one attached hydrogen (secondary N) is 1. The molecule has 3 N–H and O–H groups in total. The summed E-state index contributed by atoms with van der Waals surface area (Å²) in [6.07, 6.45) is 0. The van der Waals surface area contributed by atoms with E-state index in [1.165, 1.54) is 29.2 Å². The van der Waals surface area contributed by atoms with Crippen molar-refractivity contribution >= 4 is 34.1 Å². The number of anilines is 1. The third kappa shape index (κ3) is 4.17. The first-order valence-corrected chi connectivity index (χ1v) is 7.58. The zero-order valence-electron chi connectivity index (χ0n) is 10.7. The average molecular weight is 312 g/mol. The number of carbonyl (C=O) groups excluding carboxylic acids is 1. The molecule has 0 aliphatic carbocycles. The molecule has 0 unspecified atom stereocenters. The monoisotopic (exact) mass is 312 g/mol. The predicted octanol–water partition coefficient (Wildman–Crippen LogP) is 1.98. The highest BCUT2D eigenvalue weighted by atomic mass is 32.2. The van der Waals surface area contributed by atoms with Gasteiger partial charge in [0.2, 0.25) is 11.0 Å². The van der Waals surface area contributed by atoms with Crippen LogP contribution < -0.4 is 11.1 Å². The van der Waals surface area contributed by atoms with Gasteiger partial charge in [0.15, 0.2) is 4.34 Å². The van der Waals surface area contributed by atoms with Crippen molar-refractivity contribution in [3.05, 3.63) is 35.1 Å². The molecule has 1 heterocycles. The number of thioether (sulfide) groups is 1. The summed E-state index contributed by atoms with van der Waals surface area (Å²) in [5.41, 5.74) is 6.87. The lowest BCUT2D eigenvalue weighted by Crippen LogP contribution is -2.24. The van der Waals surface area contributed by atoms with E-state index in [4.69, 9.17) is 5.73 Å². The van der Waals surface area contributed by atoms with Crippen LogP contribution in [0.2, 0.25) is 0 Å². The Morgan fingerprint density at radius 1 is 1.50 bits per heavy atom. The molecule has 20 heavy (non-hydrogen) atoms. The first-order chi connectivity index (χ1) is 9.54. The van der Waals surface area contributed by atoms with Gasteiger partial charge >= 0.3 is 0 Å². The molecule has 0 bridgehead atoms. The Balaban J connectivity index is 1.78. The SMILES string of the molecule is Cc1cc(CNC(=O)CSc2nnc(N)s2)ccc1F. The summed E-state index contributed by atoms with van der Waals surface area (Å²) in [6.45, 7) is 2.06. The lowest BCUT2D eigenvalue weighted by Gasteiger charge is -2.05. The standard InChI is InChI=1S/C12H13FN4OS2/c1-7-4-8(2-3-9(7)13)5-15-10(18)6-19-12-17-16-11(14)20-12/h2-4H,5-6H2,1H3,(H2,14,16)(H,15,18). The summed E-state index contributed by atoms with van der Waals surface area (Å²) in [5, 5.41) is 10.6. The number of nitrogens with zero attached hydrogens (tertiary/aromatic N) is 2. The summed E-state index contributed by atoms with van der Waals surface area (Å²) >= 11 is 2.53. The fourth-order valence-electron chi connectivity index (χ4n) is 1.47. The minimum Gasteiger partial charge on any atom is -0.374 e. The highest BCUT2D eigenvalue weighted by Crippen LogP contribution is 2.23. The third-order valence-electron chi connectivity index (χ3n) is 2.46. The van der Waals surface area contributed by atoms with Crippen molar-refractivity contribution in [2.45, 2.75) is 17.8 Å². The van der Waals surface area contributed by atoms with E-state index in [0.717, 1.165) is 5.56 Å². The molecule has 8 heteroatoms. The van der Waals surface area contributed by atoms with E-state index < -0.39 is 0 Å². The van der Waals surface area contributed by atoms with Gasteiger partial charge in [0.05, 0.1) is 5.75 Å². The molecule has 106 valence electrons. The van der Waals surface area contributed by atoms with E-state index in [1.54, 1.807) is 19.1 Å². The van der Waals surface area contributed by atoms with Crippen LogP contribution in [0.5, 0.6) is 0 Å². The minimum atomic E-state index is -0.246. The molecule has 1 amide bonds. The maximum atomic E-state index is 13.1. The van der Waals surface area contributed by atoms with E-state index in [2.05, 4.69) is 15.5 Å². The zero-order chi connectivity index (χ0) is 14.5. The molecule has 5 nitrogen and oxygen atoms in total. The molecule has 0 atom stereocenters. The van der Waals surface area contributed by atoms with Gasteiger partial charge < -0.3 is 11.1 Å². The molecule has 0 saturated heterocycles. The summed E-state index contributed by atoms with van der Waals surface area (Å²) in [7, 11) is 0. The summed E-state index contributed by atoms with van der Waals surface area (Å²) < 4.78 is 13.8. The normalized spacial score (nSPS) is 10.5. The summed E-state index contributed by atoms with van der Waals surface area (Å²) in [4.78, 5) is 11.7. The number of aryl methyl sites for hydroxylation is 1. The lowest BCUT2D eigenvalue weighted by atomic mass is 10.1. The molecule has 0 aliphatic heterocycles. The quantitative estimate of drug-likeness (QED) is 0.825. The number of hydrogen-bond acceptors (Lipinski definition) is 6. The first-order valence-electron chi connectivity index (χ1n) is 5.78. The average Bonchev–Trinajstić information content (AvgIpc) is 2.83. The Labute approximate surface area is 123 Å². The largest absolute Gasteiger partial charge is 0.374 e. The number of halogens is 1. The molecular formula is C12H13FN4OS2. The summed E-state index contributed by atoms with van der Waals surface area (Å²) in [5.74, 6) is -0.121. The summed E-state index contributed by atoms with van der Waals surface area (Å²) in [6, 6.07) is 4.77. The Kier molecular flexibility index (Phi) is 4.91. The van der Waals surface area contributed by atoms with Crippen LogP contribution in [0.1, 0.15) is 11.1 Å². The minimum absolute atomic E-state index is 0.120. The number of benzene rings is 1. The number of rotatable bonds is 5. The molecule has 0 fully saturated rings. The molecule has 0 spiro atoms. The smallest absolute Gasteiger partial charge is 0.230 e. The Hall–Kier alpha value is -1.67. The van der Waals surface area contributed by atoms with Crippen molar-refractivity contribution in [2.75, 3.05) is 11.5 Å². The van der Waals surface area contributed by atoms with Gasteiger partial charge in [0.1, 0.15) is 5.82 Å². The Morgan fingerprint density at radius 2 is 2.30 bits per heavy atom. The molecule has 1 aromatic heterocycles. The molecule has 1 aromatic carbocycles. The highest BCUT2D eigenvalue weighted by molar-refractivity contribution is 8.01. The number of amides is 1. The fraction of sp³-hybridized carbons (Fsp3) is 0.250. The fourth-order valence-corrected chi connectivity index (χ4v) is 2.94. The van der Waals surface area contributed by atoms with Gasteiger partial charge in [-0.25, -0.2) is 4.39 Å². The predicted molar refractivity (Wildman–Crippen MR) is 78.0 cm³/mol. The van der Waals surface area contributed by atoms with Gasteiger partial charge in [0.25, 0.3) is 0 Å². The lowest BCUT2D eigenvalue weighted by molar-refractivity contribution is -0.118. The van der Waals surface area contributed by atoms with E-state index in [-0.39, 0.29) is 17.5 Å². The third-order valence-corrected chi connectivity index (χ3v) is 4.35. The van der Waals surface area contributed by atoms with Crippen molar-refractivity contribution in [1.29, 1.82) is 0 Å². The number of nitrogens with two attached hydrogens (primary N) is 1. The number of hydrogen-bond donors (Lipinski definition) is 2. The number of carbonyl (C=O) groups is 1. The number of nitrogen functional groups attached to an aromatic ring is 1. The van der Waals surface area contributed by atoms with Gasteiger partial charge in [0, 0.05) is 6.54 Å². The first kappa shape index (κ1) is 14.7. The Morgan fingerprint density at radius 3 is 2.95 bits per heavy atom. The maximum absolute atomic E-state index is 13.1. The van der Waals surface area contributed by atoms with Crippen LogP contribution in [0.4, 0.5) is 9.52 Å². The van der Waals surface area contributed by atoms with Gasteiger partial charge in [-0.2, -0.15) is 0 Å². The van der Waals surface area contributed by atoms with Crippen LogP contribution in [-0.4, -0.2) is 21.9 Å². The molecule has 0 radical (unpaired) electrons. The molecular weight excluding hydrogens is 299 g/mol. The van der Waals surface area contributed by atoms with Crippen molar-refractivity contribution in [2.24, 2.45) is 0 Å². The number of aromatic nitrogens is 2. The maximum Gasteiger partial charge on any atom is 0.230 e. The second-order valence-corrected chi connectivity index (χ2v) is 6.29. The molecule has 0 aliphatic rings. The van der Waals surface area contributed by atoms with Crippen LogP contribution in [-0.2, 0) is 11.3 Å². The van der Waals surface area contributed by atoms with Gasteiger partial charge in [-0.1, -0.05) is 35.2 Å². The van der Waals surface area contributed by atoms with E-state index in [1.807, 2.05) is 0 Å². The van der Waals surface area contributed by atoms with Crippen LogP contribution >= 0.6 is 23.1 Å². The van der Waals surface area contributed by atoms with Crippen LogP contribution in [0, 0.1) is 12.7 Å². The van der Waals surface area contributed by atoms with E-state index in [0.29, 0.717) is 21.6 Å². The molecule has 0 saturated carbocycles. The highest BCUT2D eigenvalue weighted by Gasteiger charge is 2.07. The van der Waals surface area contributed by atoms with E-state index in [9.17, 15) is 9.18 Å². The van der Waals surface area contributed by atoms with Crippen molar-refractivity contribution in [3.63, 3.8) is 0 Å². The molecule has 2 rings (SSSR count). The van der Waals surface area contributed by atoms with Crippen LogP contribution in [0.3, 0.4) is 0 Å². The van der Waals surface area contributed by atoms with Crippen molar-refractivity contribution < 1.29 is 9.18 Å². The van der Waals surface area contributed by atoms with Crippen molar-refractivity contribution in [1.82, 2.24) is 15.5 Å². The molecule has 2 aromatic rings. The zero-order valence-corrected chi connectivity index (χ0v) is 12.4. The second kappa shape index (κ2) is 6.67. The van der Waals surface area contributed by atoms with Crippen LogP contribution in [0.25, 0.3) is 0 Å².